The summed E-state index contributed by atoms with van der Waals surface area (Å²) in [5.74, 6) is -0.792. The van der Waals surface area contributed by atoms with Crippen molar-refractivity contribution in [2.24, 2.45) is 5.73 Å². The lowest BCUT2D eigenvalue weighted by atomic mass is 9.95. The summed E-state index contributed by atoms with van der Waals surface area (Å²) in [6, 6.07) is 3.00. The maximum absolute atomic E-state index is 13.5. The Hall–Kier alpha value is -2.53. The predicted molar refractivity (Wildman–Crippen MR) is 110 cm³/mol. The zero-order chi connectivity index (χ0) is 26.3. The maximum atomic E-state index is 13.5. The lowest BCUT2D eigenvalue weighted by Gasteiger charge is -2.29. The van der Waals surface area contributed by atoms with Gasteiger partial charge in [-0.25, -0.2) is 0 Å². The number of likely N-dealkylation sites (tertiary alicyclic amines) is 1. The van der Waals surface area contributed by atoms with Gasteiger partial charge >= 0.3 is 12.4 Å². The zero-order valence-electron chi connectivity index (χ0n) is 20.1. The fraction of sp³-hybridized carbons (Fsp3) is 0.429. The fourth-order valence-electron chi connectivity index (χ4n) is 3.84. The van der Waals surface area contributed by atoms with Gasteiger partial charge in [0.1, 0.15) is 5.75 Å². The summed E-state index contributed by atoms with van der Waals surface area (Å²) in [4.78, 5) is 17.6. The molecule has 0 radical (unpaired) electrons. The van der Waals surface area contributed by atoms with E-state index in [1.807, 2.05) is 0 Å². The minimum absolute atomic E-state index is 0. The van der Waals surface area contributed by atoms with E-state index in [0.717, 1.165) is 0 Å². The van der Waals surface area contributed by atoms with Crippen LogP contribution in [0.1, 0.15) is 44.5 Å². The molecule has 12 heteroatoms. The smallest absolute Gasteiger partial charge is 0.418 e. The number of halogens is 7. The fourth-order valence-corrected chi connectivity index (χ4v) is 3.84. The largest absolute Gasteiger partial charge is 0.496 e. The van der Waals surface area contributed by atoms with Gasteiger partial charge in [0.15, 0.2) is 0 Å². The SMILES string of the molecule is Cl.[2H]C([2H])([2H])Oc1cccc([C@@H]2[C@H](N)CCN2C(=O)Cc2ncc(C(F)(F)F)cc2C(F)(F)F)c1C. The third-order valence-corrected chi connectivity index (χ3v) is 5.44. The highest BCUT2D eigenvalue weighted by Crippen LogP contribution is 2.39. The van der Waals surface area contributed by atoms with Crippen LogP contribution in [-0.2, 0) is 23.6 Å². The Labute approximate surface area is 196 Å². The maximum Gasteiger partial charge on any atom is 0.418 e. The first kappa shape index (κ1) is 22.3. The van der Waals surface area contributed by atoms with Crippen LogP contribution in [-0.4, -0.2) is 35.4 Å². The van der Waals surface area contributed by atoms with Crippen molar-refractivity contribution < 1.29 is 40.0 Å². The second-order valence-corrected chi connectivity index (χ2v) is 7.45. The highest BCUT2D eigenvalue weighted by atomic mass is 35.5. The number of carbonyl (C=O) groups excluding carboxylic acids is 1. The second kappa shape index (κ2) is 9.76. The lowest BCUT2D eigenvalue weighted by Crippen LogP contribution is -2.37. The third-order valence-electron chi connectivity index (χ3n) is 5.44. The van der Waals surface area contributed by atoms with Gasteiger partial charge in [0.2, 0.25) is 5.91 Å². The van der Waals surface area contributed by atoms with E-state index in [-0.39, 0.29) is 37.0 Å². The molecule has 0 aliphatic carbocycles. The molecule has 3 rings (SSSR count). The molecule has 1 aromatic heterocycles. The van der Waals surface area contributed by atoms with E-state index in [1.54, 1.807) is 13.0 Å². The van der Waals surface area contributed by atoms with Crippen molar-refractivity contribution in [1.82, 2.24) is 9.88 Å². The number of hydrogen-bond donors (Lipinski definition) is 1. The quantitative estimate of drug-likeness (QED) is 0.618. The van der Waals surface area contributed by atoms with Gasteiger partial charge in [-0.05, 0) is 36.6 Å². The summed E-state index contributed by atoms with van der Waals surface area (Å²) in [5, 5.41) is 0. The zero-order valence-corrected chi connectivity index (χ0v) is 17.9. The van der Waals surface area contributed by atoms with Crippen LogP contribution in [0.3, 0.4) is 0 Å². The number of ether oxygens (including phenoxy) is 1. The number of hydrogen-bond acceptors (Lipinski definition) is 4. The molecule has 2 atom stereocenters. The highest BCUT2D eigenvalue weighted by molar-refractivity contribution is 5.85. The summed E-state index contributed by atoms with van der Waals surface area (Å²) in [6.45, 7) is 1.64. The number of alkyl halides is 6. The minimum atomic E-state index is -5.16. The predicted octanol–water partition coefficient (Wildman–Crippen LogP) is 4.70. The van der Waals surface area contributed by atoms with Gasteiger partial charge in [-0.15, -0.1) is 12.4 Å². The molecule has 1 amide bonds. The molecule has 2 aromatic rings. The topological polar surface area (TPSA) is 68.5 Å². The Bertz CT molecular complexity index is 1110. The van der Waals surface area contributed by atoms with Gasteiger partial charge in [0.25, 0.3) is 0 Å². The van der Waals surface area contributed by atoms with Gasteiger partial charge in [0.05, 0.1) is 40.4 Å². The molecular weight excluding hydrogens is 476 g/mol. The van der Waals surface area contributed by atoms with Gasteiger partial charge in [-0.2, -0.15) is 26.3 Å². The molecule has 0 bridgehead atoms. The van der Waals surface area contributed by atoms with E-state index in [2.05, 4.69) is 4.98 Å². The molecule has 1 aliphatic heterocycles. The Morgan fingerprint density at radius 3 is 2.58 bits per heavy atom. The van der Waals surface area contributed by atoms with E-state index in [4.69, 9.17) is 14.6 Å². The average Bonchev–Trinajstić information content (AvgIpc) is 3.08. The minimum Gasteiger partial charge on any atom is -0.496 e. The summed E-state index contributed by atoms with van der Waals surface area (Å²) in [7, 11) is -2.74. The first-order valence-electron chi connectivity index (χ1n) is 11.0. The van der Waals surface area contributed by atoms with E-state index in [1.165, 1.54) is 17.0 Å². The molecule has 33 heavy (non-hydrogen) atoms. The van der Waals surface area contributed by atoms with Gasteiger partial charge in [-0.1, -0.05) is 12.1 Å². The van der Waals surface area contributed by atoms with E-state index < -0.39 is 60.6 Å². The molecule has 2 N–H and O–H groups in total. The van der Waals surface area contributed by atoms with Crippen LogP contribution in [0.2, 0.25) is 0 Å². The van der Waals surface area contributed by atoms with Crippen LogP contribution in [0, 0.1) is 6.92 Å². The highest BCUT2D eigenvalue weighted by Gasteiger charge is 2.41. The summed E-state index contributed by atoms with van der Waals surface area (Å²) in [6.07, 6.45) is -10.6. The van der Waals surface area contributed by atoms with Crippen LogP contribution in [0.4, 0.5) is 26.3 Å². The molecule has 2 heterocycles. The Morgan fingerprint density at radius 2 is 1.97 bits per heavy atom. The van der Waals surface area contributed by atoms with Crippen LogP contribution < -0.4 is 10.5 Å². The lowest BCUT2D eigenvalue weighted by molar-refractivity contribution is -0.144. The van der Waals surface area contributed by atoms with E-state index in [9.17, 15) is 31.1 Å². The number of aromatic nitrogens is 1. The number of amides is 1. The molecule has 0 unspecified atom stereocenters. The molecule has 1 fully saturated rings. The number of pyridine rings is 1. The second-order valence-electron chi connectivity index (χ2n) is 7.45. The van der Waals surface area contributed by atoms with Crippen molar-refractivity contribution >= 4 is 18.3 Å². The standard InChI is InChI=1S/C21H21F6N3O2.ClH/c1-11-13(4-3-5-17(11)32-2)19-15(28)6-7-30(19)18(31)9-16-14(21(25,26)27)8-12(10-29-16)20(22,23)24;/h3-5,8,10,15,19H,6-7,9,28H2,1-2H3;1H/t15-,19-;/m1./s1/i2D3;. The monoisotopic (exact) mass is 500 g/mol. The Kier molecular flexibility index (Phi) is 6.59. The number of benzene rings is 1. The molecule has 1 aliphatic rings. The molecule has 0 saturated carbocycles. The van der Waals surface area contributed by atoms with Crippen molar-refractivity contribution in [3.05, 3.63) is 58.4 Å². The number of methoxy groups -OCH3 is 1. The number of nitrogens with zero attached hydrogens (tertiary/aromatic N) is 2. The third kappa shape index (κ3) is 5.52. The van der Waals surface area contributed by atoms with E-state index in [0.29, 0.717) is 17.5 Å². The first-order valence-corrected chi connectivity index (χ1v) is 9.46. The molecule has 1 saturated heterocycles. The van der Waals surface area contributed by atoms with Gasteiger partial charge in [0, 0.05) is 18.8 Å². The van der Waals surface area contributed by atoms with Gasteiger partial charge in [-0.3, -0.25) is 9.78 Å². The molecule has 0 spiro atoms. The van der Waals surface area contributed by atoms with Crippen LogP contribution in [0.15, 0.2) is 30.5 Å². The molecule has 1 aromatic carbocycles. The Morgan fingerprint density at radius 1 is 1.27 bits per heavy atom. The summed E-state index contributed by atoms with van der Waals surface area (Å²) >= 11 is 0. The Balaban J connectivity index is 0.00000456. The molecule has 5 nitrogen and oxygen atoms in total. The van der Waals surface area contributed by atoms with Crippen LogP contribution in [0.25, 0.3) is 0 Å². The normalized spacial score (nSPS) is 20.5. The molecule has 182 valence electrons. The van der Waals surface area contributed by atoms with Crippen molar-refractivity contribution in [2.75, 3.05) is 13.6 Å². The van der Waals surface area contributed by atoms with Crippen molar-refractivity contribution in [2.45, 2.75) is 44.2 Å². The van der Waals surface area contributed by atoms with Gasteiger partial charge < -0.3 is 15.4 Å². The van der Waals surface area contributed by atoms with Crippen LogP contribution >= 0.6 is 12.4 Å². The number of rotatable bonds is 4. The summed E-state index contributed by atoms with van der Waals surface area (Å²) in [5.41, 5.74) is 2.94. The number of carbonyl (C=O) groups is 1. The summed E-state index contributed by atoms with van der Waals surface area (Å²) < 4.78 is 106. The van der Waals surface area contributed by atoms with Crippen molar-refractivity contribution in [3.8, 4) is 5.75 Å². The van der Waals surface area contributed by atoms with E-state index >= 15 is 0 Å². The van der Waals surface area contributed by atoms with Crippen LogP contribution in [0.5, 0.6) is 5.75 Å². The van der Waals surface area contributed by atoms with Crippen molar-refractivity contribution in [3.63, 3.8) is 0 Å². The van der Waals surface area contributed by atoms with Crippen molar-refractivity contribution in [1.29, 1.82) is 0 Å². The number of nitrogens with two attached hydrogens (primary N) is 1. The average molecular weight is 501 g/mol. The first-order chi connectivity index (χ1) is 16.0. The molecular formula is C21H22ClF6N3O2.